The molecule has 0 aliphatic carbocycles. The maximum atomic E-state index is 13.5. The predicted octanol–water partition coefficient (Wildman–Crippen LogP) is 2.38. The number of halogens is 4. The lowest BCUT2D eigenvalue weighted by Crippen LogP contribution is -2.57. The summed E-state index contributed by atoms with van der Waals surface area (Å²) in [5.74, 6) is 0. The lowest BCUT2D eigenvalue weighted by atomic mass is 9.93. The maximum Gasteiger partial charge on any atom is 0.413 e. The molecule has 0 amide bonds. The van der Waals surface area contributed by atoms with Gasteiger partial charge in [0.2, 0.25) is 0 Å². The third kappa shape index (κ3) is 2.15. The summed E-state index contributed by atoms with van der Waals surface area (Å²) >= 11 is 6.12. The van der Waals surface area contributed by atoms with Crippen LogP contribution in [0.25, 0.3) is 0 Å². The van der Waals surface area contributed by atoms with Crippen molar-refractivity contribution in [2.24, 2.45) is 5.10 Å². The number of nitrogens with zero attached hydrogens (tertiary/aromatic N) is 3. The quantitative estimate of drug-likeness (QED) is 0.753. The molecule has 8 heteroatoms. The largest absolute Gasteiger partial charge is 0.413 e. The zero-order valence-corrected chi connectivity index (χ0v) is 12.0. The van der Waals surface area contributed by atoms with Gasteiger partial charge in [0.1, 0.15) is 5.16 Å². The van der Waals surface area contributed by atoms with E-state index in [-0.39, 0.29) is 13.0 Å². The molecule has 0 aromatic carbocycles. The maximum absolute atomic E-state index is 13.5. The van der Waals surface area contributed by atoms with Crippen LogP contribution in [-0.2, 0) is 0 Å². The summed E-state index contributed by atoms with van der Waals surface area (Å²) in [5, 5.41) is 8.70. The molecule has 3 aliphatic rings. The Morgan fingerprint density at radius 3 is 2.81 bits per heavy atom. The highest BCUT2D eigenvalue weighted by Gasteiger charge is 2.59. The molecule has 1 fully saturated rings. The van der Waals surface area contributed by atoms with Gasteiger partial charge in [0, 0.05) is 37.1 Å². The van der Waals surface area contributed by atoms with Crippen LogP contribution < -0.4 is 5.32 Å². The summed E-state index contributed by atoms with van der Waals surface area (Å²) in [5.41, 5.74) is -0.657. The van der Waals surface area contributed by atoms with Crippen LogP contribution in [0.1, 0.15) is 6.42 Å². The standard InChI is InChI=1S/C13H14ClF3N4/c1-20-11(14)10-2-5-21(7-9(10)6-19-20)12(13(15,16)17)3-4-18-8-12/h2,5-7,18H,3-4,8H2,1H3. The Morgan fingerprint density at radius 2 is 2.19 bits per heavy atom. The van der Waals surface area contributed by atoms with E-state index >= 15 is 0 Å². The third-order valence-electron chi connectivity index (χ3n) is 4.02. The van der Waals surface area contributed by atoms with Gasteiger partial charge >= 0.3 is 6.18 Å². The Hall–Kier alpha value is -1.47. The van der Waals surface area contributed by atoms with E-state index in [1.165, 1.54) is 28.5 Å². The summed E-state index contributed by atoms with van der Waals surface area (Å²) in [6.07, 6.45) is 1.71. The van der Waals surface area contributed by atoms with Crippen molar-refractivity contribution in [3.05, 3.63) is 34.8 Å². The average Bonchev–Trinajstić information content (AvgIpc) is 2.93. The average molecular weight is 319 g/mol. The van der Waals surface area contributed by atoms with E-state index in [9.17, 15) is 13.2 Å². The Kier molecular flexibility index (Phi) is 3.29. The molecule has 21 heavy (non-hydrogen) atoms. The minimum absolute atomic E-state index is 0.00838. The van der Waals surface area contributed by atoms with Gasteiger partial charge in [-0.15, -0.1) is 0 Å². The normalized spacial score (nSPS) is 29.1. The van der Waals surface area contributed by atoms with Crippen LogP contribution >= 0.6 is 11.6 Å². The van der Waals surface area contributed by atoms with Crippen molar-refractivity contribution in [3.8, 4) is 0 Å². The van der Waals surface area contributed by atoms with Gasteiger partial charge in [0.25, 0.3) is 0 Å². The van der Waals surface area contributed by atoms with Crippen molar-refractivity contribution in [1.82, 2.24) is 15.2 Å². The first kappa shape index (κ1) is 14.5. The number of nitrogens with one attached hydrogen (secondary N) is 1. The van der Waals surface area contributed by atoms with Crippen molar-refractivity contribution >= 4 is 17.8 Å². The van der Waals surface area contributed by atoms with E-state index in [1.54, 1.807) is 13.1 Å². The van der Waals surface area contributed by atoms with Crippen LogP contribution in [0.2, 0.25) is 0 Å². The van der Waals surface area contributed by atoms with Crippen LogP contribution in [0.15, 0.2) is 39.9 Å². The van der Waals surface area contributed by atoms with Crippen LogP contribution in [0.4, 0.5) is 13.2 Å². The Morgan fingerprint density at radius 1 is 1.43 bits per heavy atom. The summed E-state index contributed by atoms with van der Waals surface area (Å²) in [7, 11) is 1.68. The second-order valence-electron chi connectivity index (χ2n) is 5.24. The first-order valence-corrected chi connectivity index (χ1v) is 6.87. The van der Waals surface area contributed by atoms with Crippen LogP contribution in [0, 0.1) is 0 Å². The second-order valence-corrected chi connectivity index (χ2v) is 5.59. The van der Waals surface area contributed by atoms with Crippen LogP contribution in [-0.4, -0.2) is 48.0 Å². The van der Waals surface area contributed by atoms with E-state index in [0.29, 0.717) is 22.8 Å². The minimum atomic E-state index is -4.33. The Balaban J connectivity index is 2.00. The van der Waals surface area contributed by atoms with Crippen LogP contribution in [0.5, 0.6) is 0 Å². The van der Waals surface area contributed by atoms with Crippen LogP contribution in [0.3, 0.4) is 0 Å². The van der Waals surface area contributed by atoms with E-state index in [4.69, 9.17) is 11.6 Å². The number of allylic oxidation sites excluding steroid dienone is 3. The van der Waals surface area contributed by atoms with Gasteiger partial charge in [-0.3, -0.25) is 5.01 Å². The lowest BCUT2D eigenvalue weighted by Gasteiger charge is -2.41. The third-order valence-corrected chi connectivity index (χ3v) is 4.47. The predicted molar refractivity (Wildman–Crippen MR) is 74.5 cm³/mol. The smallest absolute Gasteiger partial charge is 0.338 e. The topological polar surface area (TPSA) is 30.9 Å². The molecule has 1 atom stereocenters. The molecule has 0 bridgehead atoms. The number of hydrogen-bond donors (Lipinski definition) is 1. The fourth-order valence-corrected chi connectivity index (χ4v) is 2.95. The van der Waals surface area contributed by atoms with Crippen molar-refractivity contribution in [3.63, 3.8) is 0 Å². The van der Waals surface area contributed by atoms with E-state index in [1.807, 2.05) is 0 Å². The number of hydrazone groups is 1. The molecule has 3 aliphatic heterocycles. The van der Waals surface area contributed by atoms with Gasteiger partial charge in [-0.1, -0.05) is 11.6 Å². The van der Waals surface area contributed by atoms with E-state index in [2.05, 4.69) is 10.4 Å². The molecular weight excluding hydrogens is 305 g/mol. The van der Waals surface area contributed by atoms with Gasteiger partial charge in [-0.2, -0.15) is 18.3 Å². The zero-order chi connectivity index (χ0) is 15.3. The monoisotopic (exact) mass is 318 g/mol. The summed E-state index contributed by atoms with van der Waals surface area (Å²) < 4.78 is 40.6. The fraction of sp³-hybridized carbons (Fsp3) is 0.462. The molecular formula is C13H14ClF3N4. The number of fused-ring (bicyclic) bond motifs is 1. The summed E-state index contributed by atoms with van der Waals surface area (Å²) in [6, 6.07) is 0. The molecule has 1 N–H and O–H groups in total. The van der Waals surface area contributed by atoms with Gasteiger partial charge in [-0.25, -0.2) is 0 Å². The number of alkyl halides is 3. The van der Waals surface area contributed by atoms with Gasteiger partial charge in [0.15, 0.2) is 5.54 Å². The van der Waals surface area contributed by atoms with Gasteiger partial charge < -0.3 is 10.2 Å². The minimum Gasteiger partial charge on any atom is -0.338 e. The molecule has 0 aromatic rings. The van der Waals surface area contributed by atoms with E-state index in [0.717, 1.165) is 0 Å². The molecule has 0 aromatic heterocycles. The van der Waals surface area contributed by atoms with Gasteiger partial charge in [-0.05, 0) is 19.0 Å². The van der Waals surface area contributed by atoms with Gasteiger partial charge in [0.05, 0.1) is 6.21 Å². The van der Waals surface area contributed by atoms with Crippen molar-refractivity contribution in [1.29, 1.82) is 0 Å². The molecule has 1 saturated heterocycles. The first-order valence-electron chi connectivity index (χ1n) is 6.49. The number of hydrogen-bond acceptors (Lipinski definition) is 4. The number of rotatable bonds is 1. The highest BCUT2D eigenvalue weighted by Crippen LogP contribution is 2.42. The lowest BCUT2D eigenvalue weighted by molar-refractivity contribution is -0.211. The van der Waals surface area contributed by atoms with Crippen molar-refractivity contribution < 1.29 is 13.2 Å². The highest BCUT2D eigenvalue weighted by molar-refractivity contribution is 6.30. The first-order chi connectivity index (χ1) is 9.85. The van der Waals surface area contributed by atoms with Crippen molar-refractivity contribution in [2.75, 3.05) is 20.1 Å². The molecule has 1 unspecified atom stereocenters. The molecule has 114 valence electrons. The van der Waals surface area contributed by atoms with Crippen molar-refractivity contribution in [2.45, 2.75) is 18.1 Å². The molecule has 0 saturated carbocycles. The molecule has 0 radical (unpaired) electrons. The Bertz CT molecular complexity index is 570. The fourth-order valence-electron chi connectivity index (χ4n) is 2.73. The summed E-state index contributed by atoms with van der Waals surface area (Å²) in [6.45, 7) is 0.210. The molecule has 4 nitrogen and oxygen atoms in total. The molecule has 3 heterocycles. The second kappa shape index (κ2) is 4.78. The highest BCUT2D eigenvalue weighted by atomic mass is 35.5. The Labute approximate surface area is 125 Å². The van der Waals surface area contributed by atoms with E-state index < -0.39 is 11.7 Å². The zero-order valence-electron chi connectivity index (χ0n) is 11.3. The molecule has 0 spiro atoms. The summed E-state index contributed by atoms with van der Waals surface area (Å²) in [4.78, 5) is 1.23. The molecule has 3 rings (SSSR count). The SMILES string of the molecule is CN1N=CC2=CN(C3(C(F)(F)F)CCNC3)C=CC2=C1Cl.